The predicted molar refractivity (Wildman–Crippen MR) is 120 cm³/mol. The lowest BCUT2D eigenvalue weighted by Crippen LogP contribution is -2.40. The molecule has 1 atom stereocenters. The first kappa shape index (κ1) is 21.4. The lowest BCUT2D eigenvalue weighted by Gasteiger charge is -2.29. The van der Waals surface area contributed by atoms with Crippen LogP contribution in [0.4, 0.5) is 5.69 Å². The van der Waals surface area contributed by atoms with Crippen molar-refractivity contribution >= 4 is 39.5 Å². The zero-order valence-electron chi connectivity index (χ0n) is 17.1. The minimum Gasteiger partial charge on any atom is -0.615 e. The van der Waals surface area contributed by atoms with Gasteiger partial charge in [-0.2, -0.15) is 0 Å². The summed E-state index contributed by atoms with van der Waals surface area (Å²) in [7, 11) is 0. The Bertz CT molecular complexity index is 1110. The Morgan fingerprint density at radius 3 is 2.84 bits per heavy atom. The second kappa shape index (κ2) is 9.09. The van der Waals surface area contributed by atoms with Crippen LogP contribution in [0.15, 0.2) is 47.2 Å². The number of amides is 1. The summed E-state index contributed by atoms with van der Waals surface area (Å²) in [5, 5.41) is 22.3. The number of hydrogen-bond donors (Lipinski definition) is 3. The smallest absolute Gasteiger partial charge is 0.272 e. The van der Waals surface area contributed by atoms with Crippen LogP contribution in [-0.2, 0) is 11.2 Å². The summed E-state index contributed by atoms with van der Waals surface area (Å²) in [6.07, 6.45) is 5.32. The van der Waals surface area contributed by atoms with E-state index in [1.54, 1.807) is 17.2 Å². The van der Waals surface area contributed by atoms with Gasteiger partial charge in [0.05, 0.1) is 23.8 Å². The monoisotopic (exact) mass is 440 g/mol. The third-order valence-corrected chi connectivity index (χ3v) is 5.91. The topological polar surface area (TPSA) is 126 Å². The molecule has 0 saturated carbocycles. The van der Waals surface area contributed by atoms with E-state index in [1.165, 1.54) is 12.5 Å². The first-order valence-electron chi connectivity index (χ1n) is 10.0. The van der Waals surface area contributed by atoms with Crippen molar-refractivity contribution in [2.75, 3.05) is 30.5 Å². The molecule has 162 valence electrons. The van der Waals surface area contributed by atoms with E-state index in [0.29, 0.717) is 48.3 Å². The van der Waals surface area contributed by atoms with Crippen LogP contribution in [0.1, 0.15) is 34.5 Å². The highest BCUT2D eigenvalue weighted by Crippen LogP contribution is 2.27. The summed E-state index contributed by atoms with van der Waals surface area (Å²) in [5.41, 5.74) is 2.74. The second-order valence-electron chi connectivity index (χ2n) is 7.55. The first-order chi connectivity index (χ1) is 14.9. The number of rotatable bonds is 6. The molecular formula is C22H24N4O4S. The number of furan rings is 1. The zero-order valence-corrected chi connectivity index (χ0v) is 17.9. The first-order valence-corrected chi connectivity index (χ1v) is 11.7. The number of hydrogen-bond acceptors (Lipinski definition) is 7. The van der Waals surface area contributed by atoms with Gasteiger partial charge in [-0.25, -0.2) is 0 Å². The number of fused-ring (bicyclic) bond motifs is 1. The van der Waals surface area contributed by atoms with Crippen LogP contribution < -0.4 is 5.32 Å². The number of pyridine rings is 1. The molecule has 2 aromatic heterocycles. The van der Waals surface area contributed by atoms with Crippen LogP contribution in [0, 0.1) is 5.41 Å². The molecule has 8 nitrogen and oxygen atoms in total. The summed E-state index contributed by atoms with van der Waals surface area (Å²) in [6, 6.07) is 9.06. The standard InChI is InChI=1S/C22H24N4O4S/c1-31(29)13-25-18-10-19(22(28)26-8-6-14(27)7-9-26)24-11-16(18)21(23)17-12-30-20-5-3-2-4-15(17)20/h2-5,10-12,14,23,27H,6-9,13H2,1H3,(H,24,25). The third-order valence-electron chi connectivity index (χ3n) is 5.36. The highest BCUT2D eigenvalue weighted by atomic mass is 32.2. The van der Waals surface area contributed by atoms with E-state index in [9.17, 15) is 14.5 Å². The number of para-hydroxylation sites is 1. The van der Waals surface area contributed by atoms with Crippen LogP contribution in [0.5, 0.6) is 0 Å². The number of anilines is 1. The molecule has 9 heteroatoms. The van der Waals surface area contributed by atoms with Crippen molar-refractivity contribution < 1.29 is 18.9 Å². The average molecular weight is 441 g/mol. The number of nitrogens with one attached hydrogen (secondary N) is 2. The Labute approximate surface area is 183 Å². The summed E-state index contributed by atoms with van der Waals surface area (Å²) in [5.74, 6) is -0.0422. The molecule has 3 heterocycles. The third kappa shape index (κ3) is 4.58. The SMILES string of the molecule is C[S+]([O-])CNc1cc(C(=O)N2CCC(O)CC2)ncc1C(=N)c1coc2ccccc12. The van der Waals surface area contributed by atoms with Crippen molar-refractivity contribution in [3.63, 3.8) is 0 Å². The molecule has 0 spiro atoms. The van der Waals surface area contributed by atoms with Gasteiger partial charge in [-0.1, -0.05) is 18.2 Å². The molecule has 4 rings (SSSR count). The van der Waals surface area contributed by atoms with Gasteiger partial charge < -0.3 is 24.3 Å². The molecule has 0 bridgehead atoms. The quantitative estimate of drug-likeness (QED) is 0.400. The van der Waals surface area contributed by atoms with Crippen LogP contribution in [0.2, 0.25) is 0 Å². The van der Waals surface area contributed by atoms with Gasteiger partial charge in [-0.3, -0.25) is 15.2 Å². The highest BCUT2D eigenvalue weighted by Gasteiger charge is 2.25. The summed E-state index contributed by atoms with van der Waals surface area (Å²) < 4.78 is 17.2. The van der Waals surface area contributed by atoms with Gasteiger partial charge in [0.15, 0.2) is 5.88 Å². The molecule has 1 aromatic carbocycles. The fraction of sp³-hybridized carbons (Fsp3) is 0.318. The van der Waals surface area contributed by atoms with E-state index in [-0.39, 0.29) is 29.3 Å². The molecular weight excluding hydrogens is 416 g/mol. The minimum atomic E-state index is -1.12. The molecule has 1 aliphatic heterocycles. The second-order valence-corrected chi connectivity index (χ2v) is 8.99. The van der Waals surface area contributed by atoms with Crippen LogP contribution in [0.25, 0.3) is 11.0 Å². The lowest BCUT2D eigenvalue weighted by molar-refractivity contribution is 0.0541. The number of aliphatic hydroxyl groups is 1. The molecule has 3 aromatic rings. The number of aromatic nitrogens is 1. The van der Waals surface area contributed by atoms with E-state index < -0.39 is 11.2 Å². The Morgan fingerprint density at radius 2 is 2.10 bits per heavy atom. The molecule has 31 heavy (non-hydrogen) atoms. The molecule has 1 aliphatic rings. The summed E-state index contributed by atoms with van der Waals surface area (Å²) in [4.78, 5) is 18.9. The van der Waals surface area contributed by atoms with Crippen molar-refractivity contribution in [2.45, 2.75) is 18.9 Å². The van der Waals surface area contributed by atoms with Crippen molar-refractivity contribution in [3.05, 3.63) is 59.6 Å². The number of aliphatic hydroxyl groups excluding tert-OH is 1. The van der Waals surface area contributed by atoms with E-state index in [0.717, 1.165) is 5.39 Å². The van der Waals surface area contributed by atoms with Crippen LogP contribution in [0.3, 0.4) is 0 Å². The van der Waals surface area contributed by atoms with Crippen molar-refractivity contribution in [1.82, 2.24) is 9.88 Å². The number of likely N-dealkylation sites (tertiary alicyclic amines) is 1. The Morgan fingerprint density at radius 1 is 1.35 bits per heavy atom. The molecule has 0 aliphatic carbocycles. The van der Waals surface area contributed by atoms with E-state index in [2.05, 4.69) is 10.3 Å². The number of nitrogens with zero attached hydrogens (tertiary/aromatic N) is 2. The van der Waals surface area contributed by atoms with Gasteiger partial charge >= 0.3 is 0 Å². The molecule has 1 amide bonds. The lowest BCUT2D eigenvalue weighted by atomic mass is 10.0. The van der Waals surface area contributed by atoms with Gasteiger partial charge in [-0.15, -0.1) is 0 Å². The average Bonchev–Trinajstić information content (AvgIpc) is 3.21. The van der Waals surface area contributed by atoms with E-state index in [4.69, 9.17) is 9.83 Å². The van der Waals surface area contributed by atoms with Crippen molar-refractivity contribution in [1.29, 1.82) is 5.41 Å². The minimum absolute atomic E-state index is 0.181. The zero-order chi connectivity index (χ0) is 22.0. The summed E-state index contributed by atoms with van der Waals surface area (Å²) in [6.45, 7) is 0.948. The number of carbonyl (C=O) groups excluding carboxylic acids is 1. The van der Waals surface area contributed by atoms with E-state index >= 15 is 0 Å². The maximum Gasteiger partial charge on any atom is 0.272 e. The normalized spacial score (nSPS) is 15.8. The van der Waals surface area contributed by atoms with E-state index in [1.807, 2.05) is 24.3 Å². The van der Waals surface area contributed by atoms with Gasteiger partial charge in [-0.05, 0) is 36.2 Å². The fourth-order valence-electron chi connectivity index (χ4n) is 3.64. The highest BCUT2D eigenvalue weighted by molar-refractivity contribution is 7.90. The van der Waals surface area contributed by atoms with Crippen molar-refractivity contribution in [3.8, 4) is 0 Å². The van der Waals surface area contributed by atoms with Gasteiger partial charge in [0.25, 0.3) is 5.91 Å². The molecule has 1 fully saturated rings. The van der Waals surface area contributed by atoms with Gasteiger partial charge in [0.1, 0.15) is 17.5 Å². The Kier molecular flexibility index (Phi) is 6.26. The number of benzene rings is 1. The van der Waals surface area contributed by atoms with Gasteiger partial charge in [0, 0.05) is 35.8 Å². The van der Waals surface area contributed by atoms with Crippen LogP contribution >= 0.6 is 0 Å². The molecule has 1 saturated heterocycles. The number of carbonyl (C=O) groups is 1. The molecule has 1 unspecified atom stereocenters. The largest absolute Gasteiger partial charge is 0.615 e. The Hall–Kier alpha value is -2.88. The Balaban J connectivity index is 1.66. The van der Waals surface area contributed by atoms with Crippen LogP contribution in [-0.4, -0.2) is 62.5 Å². The molecule has 3 N–H and O–H groups in total. The summed E-state index contributed by atoms with van der Waals surface area (Å²) >= 11 is -1.12. The molecule has 0 radical (unpaired) electrons. The maximum absolute atomic E-state index is 12.9. The predicted octanol–water partition coefficient (Wildman–Crippen LogP) is 2.59. The number of piperidine rings is 1. The maximum atomic E-state index is 12.9. The van der Waals surface area contributed by atoms with Gasteiger partial charge in [0.2, 0.25) is 0 Å². The van der Waals surface area contributed by atoms with Crippen molar-refractivity contribution in [2.24, 2.45) is 0 Å². The fourth-order valence-corrected chi connectivity index (χ4v) is 4.00.